The van der Waals surface area contributed by atoms with E-state index in [0.29, 0.717) is 13.2 Å². The molecule has 0 saturated heterocycles. The standard InChI is InChI=1S/C16H23NO2/c17-12-15(16(18)8-4-1-5-9-16)10-11-19-14-7-3-2-6-13(14)15/h2-3,6-7,18H,1,4-5,8-12,17H2. The van der Waals surface area contributed by atoms with Crippen LogP contribution in [0, 0.1) is 0 Å². The van der Waals surface area contributed by atoms with Crippen LogP contribution in [0.2, 0.25) is 0 Å². The third kappa shape index (κ3) is 1.87. The third-order valence-electron chi connectivity index (χ3n) is 5.11. The summed E-state index contributed by atoms with van der Waals surface area (Å²) in [5.74, 6) is 0.901. The Morgan fingerprint density at radius 3 is 2.58 bits per heavy atom. The lowest BCUT2D eigenvalue weighted by Gasteiger charge is -2.51. The summed E-state index contributed by atoms with van der Waals surface area (Å²) in [4.78, 5) is 0. The van der Waals surface area contributed by atoms with Crippen molar-refractivity contribution in [3.05, 3.63) is 29.8 Å². The SMILES string of the molecule is NCC1(C2(O)CCCCC2)CCOc2ccccc21. The second kappa shape index (κ2) is 4.80. The Morgan fingerprint density at radius 2 is 1.84 bits per heavy atom. The zero-order valence-electron chi connectivity index (χ0n) is 11.4. The second-order valence-electron chi connectivity index (χ2n) is 5.97. The van der Waals surface area contributed by atoms with E-state index < -0.39 is 5.60 Å². The van der Waals surface area contributed by atoms with Crippen molar-refractivity contribution in [3.8, 4) is 5.75 Å². The number of hydrogen-bond acceptors (Lipinski definition) is 3. The van der Waals surface area contributed by atoms with Gasteiger partial charge < -0.3 is 15.6 Å². The summed E-state index contributed by atoms with van der Waals surface area (Å²) >= 11 is 0. The van der Waals surface area contributed by atoms with E-state index in [1.54, 1.807) is 0 Å². The van der Waals surface area contributed by atoms with E-state index in [2.05, 4.69) is 6.07 Å². The minimum absolute atomic E-state index is 0.331. The summed E-state index contributed by atoms with van der Waals surface area (Å²) in [6.45, 7) is 1.14. The van der Waals surface area contributed by atoms with Gasteiger partial charge >= 0.3 is 0 Å². The highest BCUT2D eigenvalue weighted by Gasteiger charge is 2.52. The molecule has 0 radical (unpaired) electrons. The van der Waals surface area contributed by atoms with Crippen molar-refractivity contribution in [2.45, 2.75) is 49.5 Å². The molecule has 3 heteroatoms. The first kappa shape index (κ1) is 12.9. The molecule has 0 bridgehead atoms. The first-order valence-corrected chi connectivity index (χ1v) is 7.37. The van der Waals surface area contributed by atoms with E-state index in [0.717, 1.165) is 43.4 Å². The molecule has 19 heavy (non-hydrogen) atoms. The van der Waals surface area contributed by atoms with Gasteiger partial charge in [-0.3, -0.25) is 0 Å². The zero-order chi connectivity index (χ0) is 13.3. The maximum atomic E-state index is 11.3. The van der Waals surface area contributed by atoms with Crippen LogP contribution in [0.5, 0.6) is 5.75 Å². The molecule has 1 aliphatic carbocycles. The molecule has 3 rings (SSSR count). The number of benzene rings is 1. The lowest BCUT2D eigenvalue weighted by atomic mass is 9.59. The fourth-order valence-electron chi connectivity index (χ4n) is 3.96. The number of aliphatic hydroxyl groups is 1. The van der Waals surface area contributed by atoms with Gasteiger partial charge in [0.2, 0.25) is 0 Å². The van der Waals surface area contributed by atoms with E-state index in [1.807, 2.05) is 18.2 Å². The molecule has 0 aromatic heterocycles. The maximum Gasteiger partial charge on any atom is 0.123 e. The Labute approximate surface area is 114 Å². The van der Waals surface area contributed by atoms with Crippen molar-refractivity contribution in [2.24, 2.45) is 5.73 Å². The van der Waals surface area contributed by atoms with E-state index in [-0.39, 0.29) is 5.41 Å². The van der Waals surface area contributed by atoms with Crippen LogP contribution in [0.4, 0.5) is 0 Å². The number of fused-ring (bicyclic) bond motifs is 1. The van der Waals surface area contributed by atoms with Crippen LogP contribution in [-0.4, -0.2) is 23.9 Å². The van der Waals surface area contributed by atoms with Crippen LogP contribution in [0.3, 0.4) is 0 Å². The first-order chi connectivity index (χ1) is 9.22. The first-order valence-electron chi connectivity index (χ1n) is 7.37. The zero-order valence-corrected chi connectivity index (χ0v) is 11.4. The molecule has 104 valence electrons. The summed E-state index contributed by atoms with van der Waals surface area (Å²) in [5, 5.41) is 11.3. The molecule has 0 spiro atoms. The van der Waals surface area contributed by atoms with E-state index in [9.17, 15) is 5.11 Å². The average Bonchev–Trinajstić information content (AvgIpc) is 2.47. The van der Waals surface area contributed by atoms with Crippen molar-refractivity contribution in [2.75, 3.05) is 13.2 Å². The van der Waals surface area contributed by atoms with Gasteiger partial charge in [-0.1, -0.05) is 37.5 Å². The van der Waals surface area contributed by atoms with E-state index in [1.165, 1.54) is 6.42 Å². The van der Waals surface area contributed by atoms with Crippen LogP contribution in [0.1, 0.15) is 44.1 Å². The Bertz CT molecular complexity index is 454. The molecule has 1 saturated carbocycles. The van der Waals surface area contributed by atoms with Gasteiger partial charge in [0.1, 0.15) is 5.75 Å². The smallest absolute Gasteiger partial charge is 0.123 e. The normalized spacial score (nSPS) is 29.4. The Hall–Kier alpha value is -1.06. The number of nitrogens with two attached hydrogens (primary N) is 1. The van der Waals surface area contributed by atoms with Gasteiger partial charge in [0.05, 0.1) is 12.2 Å². The molecule has 0 amide bonds. The number of para-hydroxylation sites is 1. The van der Waals surface area contributed by atoms with Gasteiger partial charge in [-0.05, 0) is 25.3 Å². The predicted octanol–water partition coefficient (Wildman–Crippen LogP) is 2.36. The topological polar surface area (TPSA) is 55.5 Å². The lowest BCUT2D eigenvalue weighted by molar-refractivity contribution is -0.0788. The van der Waals surface area contributed by atoms with Gasteiger partial charge in [0, 0.05) is 17.5 Å². The minimum Gasteiger partial charge on any atom is -0.493 e. The van der Waals surface area contributed by atoms with Crippen molar-refractivity contribution in [1.29, 1.82) is 0 Å². The maximum absolute atomic E-state index is 11.3. The van der Waals surface area contributed by atoms with Crippen LogP contribution in [0.15, 0.2) is 24.3 Å². The molecule has 1 fully saturated rings. The Balaban J connectivity index is 2.09. The van der Waals surface area contributed by atoms with Crippen molar-refractivity contribution in [1.82, 2.24) is 0 Å². The Morgan fingerprint density at radius 1 is 1.11 bits per heavy atom. The average molecular weight is 261 g/mol. The summed E-state index contributed by atoms with van der Waals surface area (Å²) < 4.78 is 5.75. The lowest BCUT2D eigenvalue weighted by Crippen LogP contribution is -2.58. The second-order valence-corrected chi connectivity index (χ2v) is 5.97. The molecular formula is C16H23NO2. The van der Waals surface area contributed by atoms with Gasteiger partial charge in [-0.2, -0.15) is 0 Å². The molecule has 1 aromatic carbocycles. The summed E-state index contributed by atoms with van der Waals surface area (Å²) in [7, 11) is 0. The van der Waals surface area contributed by atoms with Crippen LogP contribution < -0.4 is 10.5 Å². The molecule has 1 unspecified atom stereocenters. The molecule has 1 heterocycles. The summed E-state index contributed by atoms with van der Waals surface area (Å²) in [5.41, 5.74) is 6.26. The molecule has 1 atom stereocenters. The highest BCUT2D eigenvalue weighted by atomic mass is 16.5. The molecular weight excluding hydrogens is 238 g/mol. The van der Waals surface area contributed by atoms with Crippen molar-refractivity contribution in [3.63, 3.8) is 0 Å². The van der Waals surface area contributed by atoms with E-state index in [4.69, 9.17) is 10.5 Å². The van der Waals surface area contributed by atoms with Gasteiger partial charge in [0.15, 0.2) is 0 Å². The van der Waals surface area contributed by atoms with Gasteiger partial charge in [0.25, 0.3) is 0 Å². The fraction of sp³-hybridized carbons (Fsp3) is 0.625. The largest absolute Gasteiger partial charge is 0.493 e. The van der Waals surface area contributed by atoms with Crippen LogP contribution in [0.25, 0.3) is 0 Å². The highest BCUT2D eigenvalue weighted by Crippen LogP contribution is 2.50. The van der Waals surface area contributed by atoms with Gasteiger partial charge in [-0.25, -0.2) is 0 Å². The number of rotatable bonds is 2. The summed E-state index contributed by atoms with van der Waals surface area (Å²) in [6.07, 6.45) is 5.96. The monoisotopic (exact) mass is 261 g/mol. The minimum atomic E-state index is -0.667. The molecule has 2 aliphatic rings. The van der Waals surface area contributed by atoms with Gasteiger partial charge in [-0.15, -0.1) is 0 Å². The van der Waals surface area contributed by atoms with Crippen molar-refractivity contribution >= 4 is 0 Å². The van der Waals surface area contributed by atoms with Crippen LogP contribution in [-0.2, 0) is 5.41 Å². The van der Waals surface area contributed by atoms with Crippen LogP contribution >= 0.6 is 0 Å². The third-order valence-corrected chi connectivity index (χ3v) is 5.11. The quantitative estimate of drug-likeness (QED) is 0.859. The molecule has 1 aromatic rings. The highest BCUT2D eigenvalue weighted by molar-refractivity contribution is 5.44. The molecule has 3 nitrogen and oxygen atoms in total. The molecule has 3 N–H and O–H groups in total. The molecule has 1 aliphatic heterocycles. The summed E-state index contributed by atoms with van der Waals surface area (Å²) in [6, 6.07) is 8.07. The predicted molar refractivity (Wildman–Crippen MR) is 75.3 cm³/mol. The van der Waals surface area contributed by atoms with Crippen molar-refractivity contribution < 1.29 is 9.84 Å². The number of hydrogen-bond donors (Lipinski definition) is 2. The fourth-order valence-corrected chi connectivity index (χ4v) is 3.96. The Kier molecular flexibility index (Phi) is 3.27. The number of ether oxygens (including phenoxy) is 1. The van der Waals surface area contributed by atoms with E-state index >= 15 is 0 Å².